The van der Waals surface area contributed by atoms with E-state index in [1.165, 1.54) is 4.68 Å². The van der Waals surface area contributed by atoms with Crippen molar-refractivity contribution in [2.24, 2.45) is 0 Å². The Hall–Kier alpha value is -1.06. The fourth-order valence-corrected chi connectivity index (χ4v) is 0.565. The largest absolute Gasteiger partial charge is 0.437 e. The van der Waals surface area contributed by atoms with E-state index in [0.29, 0.717) is 0 Å². The van der Waals surface area contributed by atoms with Gasteiger partial charge in [0.25, 0.3) is 0 Å². The molecule has 0 saturated heterocycles. The van der Waals surface area contributed by atoms with Gasteiger partial charge in [-0.1, -0.05) is 0 Å². The van der Waals surface area contributed by atoms with Crippen LogP contribution in [-0.4, -0.2) is 9.78 Å². The average molecular weight is 128 g/mol. The lowest BCUT2D eigenvalue weighted by atomic mass is 10.4. The minimum absolute atomic E-state index is 0.0799. The molecule has 0 atom stereocenters. The maximum absolute atomic E-state index is 10.6. The number of hydrogen-bond donors (Lipinski definition) is 0. The molecule has 1 aromatic rings. The van der Waals surface area contributed by atoms with Crippen LogP contribution in [0.1, 0.15) is 19.9 Å². The lowest BCUT2D eigenvalue weighted by molar-refractivity contribution is 0.446. The molecular formula is C5H8N2O2. The highest BCUT2D eigenvalue weighted by Crippen LogP contribution is 1.93. The lowest BCUT2D eigenvalue weighted by Gasteiger charge is -1.97. The first-order valence-electron chi connectivity index (χ1n) is 2.74. The van der Waals surface area contributed by atoms with Gasteiger partial charge in [-0.25, -0.2) is 4.79 Å². The van der Waals surface area contributed by atoms with E-state index in [2.05, 4.69) is 9.52 Å². The van der Waals surface area contributed by atoms with Crippen LogP contribution in [0.15, 0.2) is 15.6 Å². The monoisotopic (exact) mass is 128 g/mol. The summed E-state index contributed by atoms with van der Waals surface area (Å²) in [5.41, 5.74) is 0. The number of hydrogen-bond acceptors (Lipinski definition) is 3. The van der Waals surface area contributed by atoms with Gasteiger partial charge in [0.05, 0.1) is 6.04 Å². The molecule has 0 aliphatic rings. The fraction of sp³-hybridized carbons (Fsp3) is 0.600. The van der Waals surface area contributed by atoms with E-state index in [1.54, 1.807) is 0 Å². The van der Waals surface area contributed by atoms with Gasteiger partial charge in [-0.3, -0.25) is 0 Å². The van der Waals surface area contributed by atoms with E-state index in [4.69, 9.17) is 0 Å². The van der Waals surface area contributed by atoms with Gasteiger partial charge in [0.15, 0.2) is 0 Å². The molecule has 0 aromatic carbocycles. The predicted octanol–water partition coefficient (Wildman–Crippen LogP) is 0.417. The zero-order valence-corrected chi connectivity index (χ0v) is 5.37. The second-order valence-corrected chi connectivity index (χ2v) is 2.04. The highest BCUT2D eigenvalue weighted by Gasteiger charge is 2.01. The first kappa shape index (κ1) is 6.07. The predicted molar refractivity (Wildman–Crippen MR) is 31.1 cm³/mol. The molecule has 4 heteroatoms. The highest BCUT2D eigenvalue weighted by molar-refractivity contribution is 4.56. The Balaban J connectivity index is 3.08. The van der Waals surface area contributed by atoms with Gasteiger partial charge in [0.1, 0.15) is 0 Å². The summed E-state index contributed by atoms with van der Waals surface area (Å²) in [6.45, 7) is 3.73. The van der Waals surface area contributed by atoms with E-state index >= 15 is 0 Å². The van der Waals surface area contributed by atoms with Crippen molar-refractivity contribution in [3.63, 3.8) is 0 Å². The summed E-state index contributed by atoms with van der Waals surface area (Å²) in [6, 6.07) is 0.0799. The molecule has 0 saturated carbocycles. The Kier molecular flexibility index (Phi) is 1.38. The van der Waals surface area contributed by atoms with Crippen molar-refractivity contribution in [2.75, 3.05) is 0 Å². The van der Waals surface area contributed by atoms with Crippen molar-refractivity contribution < 1.29 is 4.42 Å². The van der Waals surface area contributed by atoms with Gasteiger partial charge in [-0.2, -0.15) is 4.68 Å². The van der Waals surface area contributed by atoms with Gasteiger partial charge >= 0.3 is 5.76 Å². The molecule has 0 bridgehead atoms. The number of nitrogens with zero attached hydrogens (tertiary/aromatic N) is 2. The molecule has 1 rings (SSSR count). The summed E-state index contributed by atoms with van der Waals surface area (Å²) in [7, 11) is 0. The van der Waals surface area contributed by atoms with Crippen molar-refractivity contribution >= 4 is 0 Å². The first-order chi connectivity index (χ1) is 4.22. The van der Waals surface area contributed by atoms with Gasteiger partial charge in [0, 0.05) is 0 Å². The SMILES string of the molecule is CC(C)n1ncoc1=O. The van der Waals surface area contributed by atoms with Crippen LogP contribution >= 0.6 is 0 Å². The quantitative estimate of drug-likeness (QED) is 0.550. The molecule has 1 heterocycles. The Morgan fingerprint density at radius 2 is 2.44 bits per heavy atom. The van der Waals surface area contributed by atoms with Gasteiger partial charge in [0.2, 0.25) is 6.39 Å². The number of rotatable bonds is 1. The van der Waals surface area contributed by atoms with E-state index in [-0.39, 0.29) is 6.04 Å². The van der Waals surface area contributed by atoms with Crippen LogP contribution in [0.3, 0.4) is 0 Å². The number of aromatic nitrogens is 2. The molecule has 1 aromatic heterocycles. The van der Waals surface area contributed by atoms with Crippen molar-refractivity contribution in [3.8, 4) is 0 Å². The first-order valence-corrected chi connectivity index (χ1v) is 2.74. The smallest absolute Gasteiger partial charge is 0.395 e. The summed E-state index contributed by atoms with van der Waals surface area (Å²) in [5, 5.41) is 3.65. The minimum Gasteiger partial charge on any atom is -0.395 e. The molecule has 4 nitrogen and oxygen atoms in total. The summed E-state index contributed by atoms with van der Waals surface area (Å²) < 4.78 is 5.70. The second kappa shape index (κ2) is 2.05. The molecular weight excluding hydrogens is 120 g/mol. The molecule has 0 aliphatic heterocycles. The standard InChI is InChI=1S/C5H8N2O2/c1-4(2)7-5(8)9-3-6-7/h3-4H,1-2H3. The Morgan fingerprint density at radius 1 is 1.78 bits per heavy atom. The average Bonchev–Trinajstić information content (AvgIpc) is 2.13. The Morgan fingerprint density at radius 3 is 2.67 bits per heavy atom. The van der Waals surface area contributed by atoms with Crippen LogP contribution in [0.4, 0.5) is 0 Å². The van der Waals surface area contributed by atoms with Gasteiger partial charge in [-0.15, -0.1) is 5.10 Å². The molecule has 0 amide bonds. The minimum atomic E-state index is -0.398. The van der Waals surface area contributed by atoms with Gasteiger partial charge < -0.3 is 4.42 Å². The summed E-state index contributed by atoms with van der Waals surface area (Å²) in [6.07, 6.45) is 1.14. The second-order valence-electron chi connectivity index (χ2n) is 2.04. The van der Waals surface area contributed by atoms with E-state index in [1.807, 2.05) is 13.8 Å². The molecule has 0 unspecified atom stereocenters. The topological polar surface area (TPSA) is 48.0 Å². The van der Waals surface area contributed by atoms with Crippen molar-refractivity contribution in [3.05, 3.63) is 16.9 Å². The molecule has 0 N–H and O–H groups in total. The molecule has 0 radical (unpaired) electrons. The van der Waals surface area contributed by atoms with Crippen LogP contribution in [0, 0.1) is 0 Å². The van der Waals surface area contributed by atoms with Gasteiger partial charge in [-0.05, 0) is 13.8 Å². The van der Waals surface area contributed by atoms with Crippen LogP contribution in [0.5, 0.6) is 0 Å². The maximum atomic E-state index is 10.6. The third kappa shape index (κ3) is 1.01. The van der Waals surface area contributed by atoms with Crippen LogP contribution < -0.4 is 5.76 Å². The Labute approximate surface area is 52.1 Å². The summed E-state index contributed by atoms with van der Waals surface area (Å²) >= 11 is 0. The summed E-state index contributed by atoms with van der Waals surface area (Å²) in [5.74, 6) is -0.398. The molecule has 9 heavy (non-hydrogen) atoms. The third-order valence-corrected chi connectivity index (χ3v) is 1.00. The fourth-order valence-electron chi connectivity index (χ4n) is 0.565. The van der Waals surface area contributed by atoms with Crippen LogP contribution in [-0.2, 0) is 0 Å². The van der Waals surface area contributed by atoms with E-state index in [0.717, 1.165) is 6.39 Å². The van der Waals surface area contributed by atoms with Crippen molar-refractivity contribution in [1.29, 1.82) is 0 Å². The maximum Gasteiger partial charge on any atom is 0.437 e. The molecule has 50 valence electrons. The lowest BCUT2D eigenvalue weighted by Crippen LogP contribution is -2.17. The normalized spacial score (nSPS) is 10.6. The van der Waals surface area contributed by atoms with E-state index < -0.39 is 5.76 Å². The van der Waals surface area contributed by atoms with E-state index in [9.17, 15) is 4.79 Å². The van der Waals surface area contributed by atoms with Crippen LogP contribution in [0.25, 0.3) is 0 Å². The molecule has 0 fully saturated rings. The highest BCUT2D eigenvalue weighted by atomic mass is 16.4. The van der Waals surface area contributed by atoms with Crippen LogP contribution in [0.2, 0.25) is 0 Å². The zero-order chi connectivity index (χ0) is 6.85. The molecule has 0 aliphatic carbocycles. The Bertz CT molecular complexity index is 235. The summed E-state index contributed by atoms with van der Waals surface area (Å²) in [4.78, 5) is 10.6. The zero-order valence-electron chi connectivity index (χ0n) is 5.37. The molecule has 0 spiro atoms. The van der Waals surface area contributed by atoms with Crippen molar-refractivity contribution in [1.82, 2.24) is 9.78 Å². The third-order valence-electron chi connectivity index (χ3n) is 1.00. The van der Waals surface area contributed by atoms with Crippen molar-refractivity contribution in [2.45, 2.75) is 19.9 Å².